The fourth-order valence-electron chi connectivity index (χ4n) is 2.93. The maximum absolute atomic E-state index is 12.3. The summed E-state index contributed by atoms with van der Waals surface area (Å²) in [6, 6.07) is 0.245. The summed E-state index contributed by atoms with van der Waals surface area (Å²) in [5.41, 5.74) is 0. The van der Waals surface area contributed by atoms with Gasteiger partial charge >= 0.3 is 0 Å². The van der Waals surface area contributed by atoms with Gasteiger partial charge in [0.2, 0.25) is 5.91 Å². The molecule has 1 saturated carbocycles. The van der Waals surface area contributed by atoms with Crippen LogP contribution in [0, 0.1) is 11.8 Å². The van der Waals surface area contributed by atoms with E-state index in [1.54, 1.807) is 0 Å². The van der Waals surface area contributed by atoms with E-state index in [1.807, 2.05) is 7.05 Å². The highest BCUT2D eigenvalue weighted by Crippen LogP contribution is 2.27. The molecule has 3 atom stereocenters. The van der Waals surface area contributed by atoms with Crippen molar-refractivity contribution in [2.75, 3.05) is 7.05 Å². The SMILES string of the molecule is CCC(C)C(C)NC(=O)[C@@H](CC1CCCCC1)NC. The van der Waals surface area contributed by atoms with Crippen molar-refractivity contribution in [3.05, 3.63) is 0 Å². The summed E-state index contributed by atoms with van der Waals surface area (Å²) >= 11 is 0. The molecule has 0 heterocycles. The molecule has 3 nitrogen and oxygen atoms in total. The summed E-state index contributed by atoms with van der Waals surface area (Å²) in [6.45, 7) is 6.48. The van der Waals surface area contributed by atoms with Crippen LogP contribution in [0.5, 0.6) is 0 Å². The Labute approximate surface area is 118 Å². The molecule has 1 amide bonds. The van der Waals surface area contributed by atoms with E-state index < -0.39 is 0 Å². The van der Waals surface area contributed by atoms with Gasteiger partial charge < -0.3 is 10.6 Å². The van der Waals surface area contributed by atoms with Crippen LogP contribution in [0.3, 0.4) is 0 Å². The minimum Gasteiger partial charge on any atom is -0.352 e. The minimum absolute atomic E-state index is 0.0189. The van der Waals surface area contributed by atoms with E-state index in [2.05, 4.69) is 31.4 Å². The molecule has 1 rings (SSSR count). The molecule has 112 valence electrons. The number of rotatable bonds is 7. The number of amides is 1. The average Bonchev–Trinajstić information content (AvgIpc) is 2.44. The Morgan fingerprint density at radius 1 is 1.21 bits per heavy atom. The first-order valence-corrected chi connectivity index (χ1v) is 8.06. The summed E-state index contributed by atoms with van der Waals surface area (Å²) in [5.74, 6) is 1.45. The largest absolute Gasteiger partial charge is 0.352 e. The third-order valence-corrected chi connectivity index (χ3v) is 4.83. The molecule has 1 aliphatic rings. The Bertz CT molecular complexity index is 261. The van der Waals surface area contributed by atoms with Crippen LogP contribution in [0.1, 0.15) is 65.7 Å². The standard InChI is InChI=1S/C16H32N2O/c1-5-12(2)13(3)18-16(19)15(17-4)11-14-9-7-6-8-10-14/h12-15,17H,5-11H2,1-4H3,(H,18,19)/t12?,13?,15-/m1/s1. The molecule has 0 aromatic carbocycles. The molecule has 0 bridgehead atoms. The van der Waals surface area contributed by atoms with Gasteiger partial charge in [-0.15, -0.1) is 0 Å². The van der Waals surface area contributed by atoms with Crippen molar-refractivity contribution in [2.24, 2.45) is 11.8 Å². The van der Waals surface area contributed by atoms with Crippen molar-refractivity contribution in [1.29, 1.82) is 0 Å². The lowest BCUT2D eigenvalue weighted by Crippen LogP contribution is -2.48. The molecular formula is C16H32N2O. The van der Waals surface area contributed by atoms with Crippen LogP contribution >= 0.6 is 0 Å². The molecule has 2 unspecified atom stereocenters. The van der Waals surface area contributed by atoms with Gasteiger partial charge in [0.1, 0.15) is 0 Å². The van der Waals surface area contributed by atoms with E-state index in [4.69, 9.17) is 0 Å². The molecule has 2 N–H and O–H groups in total. The summed E-state index contributed by atoms with van der Waals surface area (Å²) in [6.07, 6.45) is 8.75. The highest BCUT2D eigenvalue weighted by molar-refractivity contribution is 5.82. The first-order chi connectivity index (χ1) is 9.08. The molecule has 0 radical (unpaired) electrons. The molecule has 0 aromatic rings. The molecule has 0 saturated heterocycles. The lowest BCUT2D eigenvalue weighted by Gasteiger charge is -2.28. The van der Waals surface area contributed by atoms with Crippen LogP contribution in [0.2, 0.25) is 0 Å². The van der Waals surface area contributed by atoms with Gasteiger partial charge in [-0.3, -0.25) is 4.79 Å². The molecular weight excluding hydrogens is 236 g/mol. The summed E-state index contributed by atoms with van der Waals surface area (Å²) in [5, 5.41) is 6.37. The highest BCUT2D eigenvalue weighted by Gasteiger charge is 2.24. The number of hydrogen-bond acceptors (Lipinski definition) is 2. The lowest BCUT2D eigenvalue weighted by molar-refractivity contribution is -0.124. The van der Waals surface area contributed by atoms with Crippen molar-refractivity contribution in [3.63, 3.8) is 0 Å². The Kier molecular flexibility index (Phi) is 7.44. The van der Waals surface area contributed by atoms with E-state index >= 15 is 0 Å². The van der Waals surface area contributed by atoms with E-state index in [0.29, 0.717) is 5.92 Å². The zero-order chi connectivity index (χ0) is 14.3. The van der Waals surface area contributed by atoms with Gasteiger partial charge in [0.15, 0.2) is 0 Å². The van der Waals surface area contributed by atoms with Crippen molar-refractivity contribution in [2.45, 2.75) is 77.8 Å². The first kappa shape index (κ1) is 16.5. The Morgan fingerprint density at radius 2 is 1.84 bits per heavy atom. The summed E-state index contributed by atoms with van der Waals surface area (Å²) in [4.78, 5) is 12.3. The smallest absolute Gasteiger partial charge is 0.237 e. The van der Waals surface area contributed by atoms with Crippen molar-refractivity contribution in [1.82, 2.24) is 10.6 Å². The van der Waals surface area contributed by atoms with Gasteiger partial charge in [-0.1, -0.05) is 52.4 Å². The summed E-state index contributed by atoms with van der Waals surface area (Å²) < 4.78 is 0. The number of carbonyl (C=O) groups excluding carboxylic acids is 1. The minimum atomic E-state index is -0.0189. The lowest BCUT2D eigenvalue weighted by atomic mass is 9.84. The second-order valence-electron chi connectivity index (χ2n) is 6.26. The third-order valence-electron chi connectivity index (χ3n) is 4.83. The third kappa shape index (κ3) is 5.52. The summed E-state index contributed by atoms with van der Waals surface area (Å²) in [7, 11) is 1.90. The van der Waals surface area contributed by atoms with E-state index in [9.17, 15) is 4.79 Å². The monoisotopic (exact) mass is 268 g/mol. The topological polar surface area (TPSA) is 41.1 Å². The Morgan fingerprint density at radius 3 is 2.37 bits per heavy atom. The van der Waals surface area contributed by atoms with Crippen LogP contribution in [-0.4, -0.2) is 25.0 Å². The zero-order valence-corrected chi connectivity index (χ0v) is 13.2. The molecule has 0 spiro atoms. The fraction of sp³-hybridized carbons (Fsp3) is 0.938. The van der Waals surface area contributed by atoms with Gasteiger partial charge in [0.05, 0.1) is 6.04 Å². The first-order valence-electron chi connectivity index (χ1n) is 8.06. The molecule has 19 heavy (non-hydrogen) atoms. The van der Waals surface area contributed by atoms with Gasteiger partial charge in [0.25, 0.3) is 0 Å². The molecule has 3 heteroatoms. The Hall–Kier alpha value is -0.570. The maximum Gasteiger partial charge on any atom is 0.237 e. The van der Waals surface area contributed by atoms with Crippen LogP contribution in [0.4, 0.5) is 0 Å². The van der Waals surface area contributed by atoms with Gasteiger partial charge in [-0.2, -0.15) is 0 Å². The van der Waals surface area contributed by atoms with Crippen LogP contribution in [0.25, 0.3) is 0 Å². The number of carbonyl (C=O) groups is 1. The fourth-order valence-corrected chi connectivity index (χ4v) is 2.93. The second-order valence-corrected chi connectivity index (χ2v) is 6.26. The van der Waals surface area contributed by atoms with Crippen LogP contribution in [0.15, 0.2) is 0 Å². The molecule has 1 fully saturated rings. The van der Waals surface area contributed by atoms with Crippen LogP contribution in [-0.2, 0) is 4.79 Å². The zero-order valence-electron chi connectivity index (χ0n) is 13.2. The average molecular weight is 268 g/mol. The molecule has 1 aliphatic carbocycles. The Balaban J connectivity index is 2.42. The van der Waals surface area contributed by atoms with E-state index in [0.717, 1.165) is 18.8 Å². The van der Waals surface area contributed by atoms with Crippen LogP contribution < -0.4 is 10.6 Å². The second kappa shape index (κ2) is 8.57. The van der Waals surface area contributed by atoms with Gasteiger partial charge in [-0.05, 0) is 32.2 Å². The molecule has 0 aliphatic heterocycles. The van der Waals surface area contributed by atoms with Gasteiger partial charge in [0, 0.05) is 6.04 Å². The number of nitrogens with one attached hydrogen (secondary N) is 2. The van der Waals surface area contributed by atoms with Crippen molar-refractivity contribution < 1.29 is 4.79 Å². The van der Waals surface area contributed by atoms with Gasteiger partial charge in [-0.25, -0.2) is 0 Å². The van der Waals surface area contributed by atoms with Crippen molar-refractivity contribution >= 4 is 5.91 Å². The maximum atomic E-state index is 12.3. The van der Waals surface area contributed by atoms with E-state index in [1.165, 1.54) is 32.1 Å². The predicted molar refractivity (Wildman–Crippen MR) is 81.1 cm³/mol. The predicted octanol–water partition coefficient (Wildman–Crippen LogP) is 3.10. The normalized spacial score (nSPS) is 21.7. The number of likely N-dealkylation sites (N-methyl/N-ethyl adjacent to an activating group) is 1. The quantitative estimate of drug-likeness (QED) is 0.745. The number of hydrogen-bond donors (Lipinski definition) is 2. The highest BCUT2D eigenvalue weighted by atomic mass is 16.2. The van der Waals surface area contributed by atoms with E-state index in [-0.39, 0.29) is 18.0 Å². The van der Waals surface area contributed by atoms with Crippen molar-refractivity contribution in [3.8, 4) is 0 Å². The molecule has 0 aromatic heterocycles.